The molecule has 0 saturated carbocycles. The van der Waals surface area contributed by atoms with Crippen LogP contribution in [-0.2, 0) is 28.6 Å². The third-order valence-corrected chi connectivity index (χ3v) is 8.36. The fourth-order valence-electron chi connectivity index (χ4n) is 5.23. The summed E-state index contributed by atoms with van der Waals surface area (Å²) in [5, 5.41) is 9.60. The monoisotopic (exact) mass is 765 g/mol. The highest BCUT2D eigenvalue weighted by Gasteiger charge is 2.31. The molecular formula is C47H74NO7+. The lowest BCUT2D eigenvalue weighted by Gasteiger charge is -2.31. The van der Waals surface area contributed by atoms with Gasteiger partial charge in [0.25, 0.3) is 0 Å². The Hall–Kier alpha value is -4.01. The van der Waals surface area contributed by atoms with Crippen molar-refractivity contribution in [3.63, 3.8) is 0 Å². The Bertz CT molecular complexity index is 1260. The standard InChI is InChI=1S/C47H73NO7/c1-6-8-10-12-14-16-18-20-21-22-23-24-25-26-28-29-31-33-35-37-45(49)54-42-43(41-53-40-39-44(47(51)52)48(3,4)5)55-46(50)38-36-34-32-30-27-19-17-15-13-11-9-7-2/h8-12,14-18,20-26,28,43-44H,6-7,13,19,27,29-42H2,1-5H3/p+1/b10-8+,11-9+,14-12+,17-15+,18-16+,21-20+,23-22+,25-24+,28-26+. The van der Waals surface area contributed by atoms with E-state index in [2.05, 4.69) is 50.3 Å². The van der Waals surface area contributed by atoms with Crippen LogP contribution >= 0.6 is 0 Å². The molecule has 0 saturated heterocycles. The van der Waals surface area contributed by atoms with Gasteiger partial charge in [0.2, 0.25) is 0 Å². The van der Waals surface area contributed by atoms with Crippen molar-refractivity contribution >= 4 is 17.9 Å². The molecular weight excluding hydrogens is 691 g/mol. The molecule has 308 valence electrons. The van der Waals surface area contributed by atoms with Crippen molar-refractivity contribution in [2.45, 2.75) is 129 Å². The van der Waals surface area contributed by atoms with Gasteiger partial charge in [-0.05, 0) is 57.8 Å². The molecule has 55 heavy (non-hydrogen) atoms. The van der Waals surface area contributed by atoms with Crippen molar-refractivity contribution in [1.82, 2.24) is 0 Å². The molecule has 0 rings (SSSR count). The van der Waals surface area contributed by atoms with Crippen LogP contribution in [0, 0.1) is 0 Å². The third kappa shape index (κ3) is 35.4. The molecule has 2 atom stereocenters. The number of ether oxygens (including phenoxy) is 3. The minimum atomic E-state index is -0.891. The first-order valence-electron chi connectivity index (χ1n) is 20.5. The maximum Gasteiger partial charge on any atom is 0.362 e. The van der Waals surface area contributed by atoms with Gasteiger partial charge in [0.05, 0.1) is 34.4 Å². The highest BCUT2D eigenvalue weighted by Crippen LogP contribution is 2.12. The van der Waals surface area contributed by atoms with Crippen molar-refractivity contribution in [1.29, 1.82) is 0 Å². The van der Waals surface area contributed by atoms with E-state index in [0.717, 1.165) is 77.0 Å². The molecule has 8 nitrogen and oxygen atoms in total. The molecule has 0 aliphatic rings. The predicted octanol–water partition coefficient (Wildman–Crippen LogP) is 10.9. The Balaban J connectivity index is 4.53. The topological polar surface area (TPSA) is 99.1 Å². The van der Waals surface area contributed by atoms with E-state index in [1.807, 2.05) is 94.1 Å². The number of allylic oxidation sites excluding steroid dienone is 18. The molecule has 0 aromatic heterocycles. The second-order valence-corrected chi connectivity index (χ2v) is 14.3. The average molecular weight is 765 g/mol. The summed E-state index contributed by atoms with van der Waals surface area (Å²) in [6.07, 6.45) is 49.9. The number of carbonyl (C=O) groups is 3. The predicted molar refractivity (Wildman–Crippen MR) is 229 cm³/mol. The molecule has 0 aliphatic heterocycles. The van der Waals surface area contributed by atoms with Crippen molar-refractivity contribution in [3.05, 3.63) is 109 Å². The van der Waals surface area contributed by atoms with Crippen molar-refractivity contribution < 1.29 is 38.2 Å². The Labute approximate surface area is 334 Å². The minimum absolute atomic E-state index is 0.0319. The third-order valence-electron chi connectivity index (χ3n) is 8.36. The molecule has 0 aliphatic carbocycles. The lowest BCUT2D eigenvalue weighted by atomic mass is 10.1. The summed E-state index contributed by atoms with van der Waals surface area (Å²) in [6.45, 7) is 4.37. The van der Waals surface area contributed by atoms with E-state index < -0.39 is 18.1 Å². The zero-order valence-corrected chi connectivity index (χ0v) is 34.8. The molecule has 2 unspecified atom stereocenters. The number of quaternary nitrogens is 1. The molecule has 0 heterocycles. The number of nitrogens with zero attached hydrogens (tertiary/aromatic N) is 1. The first-order chi connectivity index (χ1) is 26.6. The fourth-order valence-corrected chi connectivity index (χ4v) is 5.23. The summed E-state index contributed by atoms with van der Waals surface area (Å²) >= 11 is 0. The van der Waals surface area contributed by atoms with Crippen LogP contribution in [0.1, 0.15) is 117 Å². The Kier molecular flexibility index (Phi) is 34.2. The molecule has 0 spiro atoms. The van der Waals surface area contributed by atoms with E-state index in [9.17, 15) is 19.5 Å². The zero-order chi connectivity index (χ0) is 40.7. The second kappa shape index (κ2) is 36.9. The van der Waals surface area contributed by atoms with Gasteiger partial charge >= 0.3 is 17.9 Å². The van der Waals surface area contributed by atoms with Crippen LogP contribution in [0.25, 0.3) is 0 Å². The summed E-state index contributed by atoms with van der Waals surface area (Å²) in [5.41, 5.74) is 0. The lowest BCUT2D eigenvalue weighted by Crippen LogP contribution is -2.50. The van der Waals surface area contributed by atoms with Gasteiger partial charge in [-0.2, -0.15) is 0 Å². The van der Waals surface area contributed by atoms with Crippen LogP contribution in [0.15, 0.2) is 109 Å². The largest absolute Gasteiger partial charge is 0.477 e. The van der Waals surface area contributed by atoms with Crippen LogP contribution in [0.5, 0.6) is 0 Å². The first kappa shape index (κ1) is 51.0. The number of esters is 2. The highest BCUT2D eigenvalue weighted by molar-refractivity contribution is 5.72. The maximum absolute atomic E-state index is 12.7. The van der Waals surface area contributed by atoms with Crippen molar-refractivity contribution in [2.24, 2.45) is 0 Å². The van der Waals surface area contributed by atoms with Gasteiger partial charge in [-0.15, -0.1) is 0 Å². The molecule has 8 heteroatoms. The van der Waals surface area contributed by atoms with E-state index in [0.29, 0.717) is 25.7 Å². The van der Waals surface area contributed by atoms with Crippen molar-refractivity contribution in [3.8, 4) is 0 Å². The number of carboxylic acids is 1. The first-order valence-corrected chi connectivity index (χ1v) is 20.5. The molecule has 0 fully saturated rings. The van der Waals surface area contributed by atoms with Crippen LogP contribution in [0.4, 0.5) is 0 Å². The Morgan fingerprint density at radius 1 is 0.564 bits per heavy atom. The van der Waals surface area contributed by atoms with E-state index in [-0.39, 0.29) is 36.2 Å². The van der Waals surface area contributed by atoms with Gasteiger partial charge in [0.15, 0.2) is 12.1 Å². The van der Waals surface area contributed by atoms with Gasteiger partial charge in [0.1, 0.15) is 6.61 Å². The summed E-state index contributed by atoms with van der Waals surface area (Å²) in [5.74, 6) is -1.57. The van der Waals surface area contributed by atoms with E-state index in [1.54, 1.807) is 0 Å². The van der Waals surface area contributed by atoms with E-state index in [4.69, 9.17) is 14.2 Å². The number of hydrogen-bond donors (Lipinski definition) is 1. The number of carbonyl (C=O) groups excluding carboxylic acids is 2. The molecule has 0 amide bonds. The summed E-state index contributed by atoms with van der Waals surface area (Å²) < 4.78 is 17.2. The highest BCUT2D eigenvalue weighted by atomic mass is 16.6. The molecule has 0 aromatic rings. The van der Waals surface area contributed by atoms with Crippen LogP contribution in [-0.4, -0.2) is 80.6 Å². The average Bonchev–Trinajstić information content (AvgIpc) is 3.14. The summed E-state index contributed by atoms with van der Waals surface area (Å²) in [7, 11) is 5.48. The van der Waals surface area contributed by atoms with Crippen LogP contribution in [0.3, 0.4) is 0 Å². The smallest absolute Gasteiger partial charge is 0.362 e. The van der Waals surface area contributed by atoms with Crippen LogP contribution in [0.2, 0.25) is 0 Å². The number of unbranched alkanes of at least 4 members (excludes halogenated alkanes) is 8. The maximum atomic E-state index is 12.7. The number of hydrogen-bond acceptors (Lipinski definition) is 6. The second-order valence-electron chi connectivity index (χ2n) is 14.3. The fraction of sp³-hybridized carbons (Fsp3) is 0.553. The Morgan fingerprint density at radius 2 is 1.05 bits per heavy atom. The number of likely N-dealkylation sites (N-methyl/N-ethyl adjacent to an activating group) is 1. The summed E-state index contributed by atoms with van der Waals surface area (Å²) in [6, 6.07) is -0.631. The molecule has 0 radical (unpaired) electrons. The molecule has 1 N–H and O–H groups in total. The quantitative estimate of drug-likeness (QED) is 0.0229. The number of aliphatic carboxylic acids is 1. The Morgan fingerprint density at radius 3 is 1.64 bits per heavy atom. The minimum Gasteiger partial charge on any atom is -0.477 e. The van der Waals surface area contributed by atoms with Gasteiger partial charge in [-0.3, -0.25) is 9.59 Å². The SMILES string of the molecule is CC/C=C/C=C/C=C/C=C/C=C/C=C/C=C/CCCCCC(=O)OCC(COCCC(C(=O)O)[N+](C)(C)C)OC(=O)CCCCCCC/C=C/C/C=C/CC. The van der Waals surface area contributed by atoms with Crippen LogP contribution < -0.4 is 0 Å². The zero-order valence-electron chi connectivity index (χ0n) is 34.8. The lowest BCUT2D eigenvalue weighted by molar-refractivity contribution is -0.887. The van der Waals surface area contributed by atoms with Gasteiger partial charge in [-0.1, -0.05) is 149 Å². The van der Waals surface area contributed by atoms with E-state index in [1.165, 1.54) is 0 Å². The van der Waals surface area contributed by atoms with Gasteiger partial charge in [0, 0.05) is 19.3 Å². The van der Waals surface area contributed by atoms with Gasteiger partial charge in [-0.25, -0.2) is 4.79 Å². The number of carboxylic acid groups (broad SMARTS) is 1. The normalized spacial score (nSPS) is 14.1. The molecule has 0 aromatic carbocycles. The van der Waals surface area contributed by atoms with Gasteiger partial charge < -0.3 is 23.8 Å². The summed E-state index contributed by atoms with van der Waals surface area (Å²) in [4.78, 5) is 36.9. The number of rotatable bonds is 34. The molecule has 0 bridgehead atoms. The van der Waals surface area contributed by atoms with E-state index >= 15 is 0 Å². The van der Waals surface area contributed by atoms with Crippen molar-refractivity contribution in [2.75, 3.05) is 41.0 Å².